The molecule has 1 aromatic heterocycles. The van der Waals surface area contributed by atoms with E-state index in [-0.39, 0.29) is 0 Å². The number of hydrogen-bond acceptors (Lipinski definition) is 6. The molecule has 0 bridgehead atoms. The predicted molar refractivity (Wildman–Crippen MR) is 114 cm³/mol. The SMILES string of the molecule is COc1ccc(Sc2ccc(Sc3ccc(OC)cc3)c3nccnc23)cc1. The molecule has 140 valence electrons. The van der Waals surface area contributed by atoms with Crippen LogP contribution in [0.5, 0.6) is 11.5 Å². The van der Waals surface area contributed by atoms with E-state index in [1.54, 1.807) is 50.1 Å². The minimum atomic E-state index is 0.847. The van der Waals surface area contributed by atoms with Gasteiger partial charge in [0.15, 0.2) is 0 Å². The number of hydrogen-bond donors (Lipinski definition) is 0. The van der Waals surface area contributed by atoms with E-state index < -0.39 is 0 Å². The maximum absolute atomic E-state index is 5.23. The summed E-state index contributed by atoms with van der Waals surface area (Å²) in [5, 5.41) is 0. The Morgan fingerprint density at radius 2 is 0.964 bits per heavy atom. The third-order valence-electron chi connectivity index (χ3n) is 4.13. The minimum absolute atomic E-state index is 0.847. The van der Waals surface area contributed by atoms with E-state index in [0.29, 0.717) is 0 Å². The lowest BCUT2D eigenvalue weighted by atomic mass is 10.3. The molecule has 0 aliphatic rings. The Hall–Kier alpha value is -2.70. The Morgan fingerprint density at radius 3 is 1.32 bits per heavy atom. The second-order valence-corrected chi connectivity index (χ2v) is 8.10. The largest absolute Gasteiger partial charge is 0.497 e. The Bertz CT molecular complexity index is 996. The average molecular weight is 407 g/mol. The zero-order valence-corrected chi connectivity index (χ0v) is 17.1. The molecule has 0 N–H and O–H groups in total. The molecule has 4 aromatic rings. The lowest BCUT2D eigenvalue weighted by molar-refractivity contribution is 0.414. The molecule has 0 saturated carbocycles. The number of ether oxygens (including phenoxy) is 2. The van der Waals surface area contributed by atoms with Crippen molar-refractivity contribution < 1.29 is 9.47 Å². The van der Waals surface area contributed by atoms with Gasteiger partial charge in [-0.3, -0.25) is 9.97 Å². The van der Waals surface area contributed by atoms with Crippen LogP contribution < -0.4 is 9.47 Å². The molecule has 4 rings (SSSR count). The van der Waals surface area contributed by atoms with Crippen molar-refractivity contribution >= 4 is 34.6 Å². The topological polar surface area (TPSA) is 44.2 Å². The highest BCUT2D eigenvalue weighted by Gasteiger charge is 2.11. The van der Waals surface area contributed by atoms with Crippen molar-refractivity contribution in [1.29, 1.82) is 0 Å². The van der Waals surface area contributed by atoms with Gasteiger partial charge < -0.3 is 9.47 Å². The zero-order chi connectivity index (χ0) is 19.3. The quantitative estimate of drug-likeness (QED) is 0.394. The summed E-state index contributed by atoms with van der Waals surface area (Å²) in [4.78, 5) is 13.6. The van der Waals surface area contributed by atoms with Gasteiger partial charge in [0.05, 0.1) is 14.2 Å². The summed E-state index contributed by atoms with van der Waals surface area (Å²) in [6.07, 6.45) is 3.48. The van der Waals surface area contributed by atoms with E-state index in [1.807, 2.05) is 48.5 Å². The summed E-state index contributed by atoms with van der Waals surface area (Å²) >= 11 is 3.34. The van der Waals surface area contributed by atoms with Crippen LogP contribution >= 0.6 is 23.5 Å². The third-order valence-corrected chi connectivity index (χ3v) is 6.24. The number of benzene rings is 3. The summed E-state index contributed by atoms with van der Waals surface area (Å²) < 4.78 is 10.5. The molecule has 0 unspecified atom stereocenters. The van der Waals surface area contributed by atoms with Crippen LogP contribution in [-0.2, 0) is 0 Å². The van der Waals surface area contributed by atoms with Crippen molar-refractivity contribution in [3.05, 3.63) is 73.1 Å². The molecule has 0 aliphatic heterocycles. The molecule has 0 fully saturated rings. The van der Waals surface area contributed by atoms with E-state index in [4.69, 9.17) is 9.47 Å². The summed E-state index contributed by atoms with van der Waals surface area (Å²) in [6, 6.07) is 20.3. The van der Waals surface area contributed by atoms with Crippen molar-refractivity contribution in [2.75, 3.05) is 14.2 Å². The van der Waals surface area contributed by atoms with Crippen LogP contribution in [0.25, 0.3) is 11.0 Å². The summed E-state index contributed by atoms with van der Waals surface area (Å²) in [7, 11) is 3.34. The summed E-state index contributed by atoms with van der Waals surface area (Å²) in [6.45, 7) is 0. The van der Waals surface area contributed by atoms with Crippen LogP contribution in [0, 0.1) is 0 Å². The van der Waals surface area contributed by atoms with Crippen molar-refractivity contribution in [2.24, 2.45) is 0 Å². The van der Waals surface area contributed by atoms with Gasteiger partial charge in [-0.1, -0.05) is 23.5 Å². The molecule has 3 aromatic carbocycles. The highest BCUT2D eigenvalue weighted by molar-refractivity contribution is 8.00. The molecule has 1 heterocycles. The highest BCUT2D eigenvalue weighted by Crippen LogP contribution is 2.38. The predicted octanol–water partition coefficient (Wildman–Crippen LogP) is 5.95. The molecule has 0 spiro atoms. The fourth-order valence-electron chi connectivity index (χ4n) is 2.71. The average Bonchev–Trinajstić information content (AvgIpc) is 2.76. The molecule has 0 saturated heterocycles. The first-order valence-electron chi connectivity index (χ1n) is 8.64. The molecule has 28 heavy (non-hydrogen) atoms. The molecule has 0 radical (unpaired) electrons. The van der Waals surface area contributed by atoms with Gasteiger partial charge in [-0.25, -0.2) is 0 Å². The van der Waals surface area contributed by atoms with Crippen LogP contribution in [0.3, 0.4) is 0 Å². The maximum atomic E-state index is 5.23. The van der Waals surface area contributed by atoms with E-state index in [2.05, 4.69) is 22.1 Å². The van der Waals surface area contributed by atoms with Gasteiger partial charge >= 0.3 is 0 Å². The number of fused-ring (bicyclic) bond motifs is 1. The van der Waals surface area contributed by atoms with Gasteiger partial charge in [0, 0.05) is 32.0 Å². The number of rotatable bonds is 6. The molecular weight excluding hydrogens is 388 g/mol. The van der Waals surface area contributed by atoms with Gasteiger partial charge in [-0.05, 0) is 60.7 Å². The smallest absolute Gasteiger partial charge is 0.118 e. The van der Waals surface area contributed by atoms with Crippen LogP contribution in [0.4, 0.5) is 0 Å². The van der Waals surface area contributed by atoms with E-state index >= 15 is 0 Å². The van der Waals surface area contributed by atoms with Crippen molar-refractivity contribution in [2.45, 2.75) is 19.6 Å². The number of nitrogens with zero attached hydrogens (tertiary/aromatic N) is 2. The Kier molecular flexibility index (Phi) is 5.69. The van der Waals surface area contributed by atoms with E-state index in [1.165, 1.54) is 0 Å². The third kappa shape index (κ3) is 4.08. The summed E-state index contributed by atoms with van der Waals surface area (Å²) in [5.41, 5.74) is 1.81. The molecular formula is C22H18N2O2S2. The zero-order valence-electron chi connectivity index (χ0n) is 15.5. The molecule has 0 aliphatic carbocycles. The monoisotopic (exact) mass is 406 g/mol. The standard InChI is InChI=1S/C22H18N2O2S2/c1-25-15-3-7-17(8-4-15)27-19-11-12-20(22-21(19)23-13-14-24-22)28-18-9-5-16(26-2)6-10-18/h3-14H,1-2H3. The molecule has 4 nitrogen and oxygen atoms in total. The normalized spacial score (nSPS) is 10.8. The van der Waals surface area contributed by atoms with Crippen molar-refractivity contribution in [1.82, 2.24) is 9.97 Å². The number of methoxy groups -OCH3 is 2. The van der Waals surface area contributed by atoms with E-state index in [0.717, 1.165) is 42.1 Å². The van der Waals surface area contributed by atoms with Crippen molar-refractivity contribution in [3.8, 4) is 11.5 Å². The minimum Gasteiger partial charge on any atom is -0.497 e. The summed E-state index contributed by atoms with van der Waals surface area (Å²) in [5.74, 6) is 1.69. The Morgan fingerprint density at radius 1 is 0.571 bits per heavy atom. The van der Waals surface area contributed by atoms with Gasteiger partial charge in [-0.15, -0.1) is 0 Å². The van der Waals surface area contributed by atoms with Crippen LogP contribution in [-0.4, -0.2) is 24.2 Å². The van der Waals surface area contributed by atoms with Crippen LogP contribution in [0.2, 0.25) is 0 Å². The Balaban J connectivity index is 1.65. The molecule has 0 amide bonds. The fraction of sp³-hybridized carbons (Fsp3) is 0.0909. The lowest BCUT2D eigenvalue weighted by Gasteiger charge is -2.10. The van der Waals surface area contributed by atoms with Gasteiger partial charge in [0.25, 0.3) is 0 Å². The lowest BCUT2D eigenvalue weighted by Crippen LogP contribution is -1.89. The second-order valence-electron chi connectivity index (χ2n) is 5.87. The van der Waals surface area contributed by atoms with Crippen molar-refractivity contribution in [3.63, 3.8) is 0 Å². The molecule has 0 atom stereocenters. The van der Waals surface area contributed by atoms with E-state index in [9.17, 15) is 0 Å². The Labute approximate surface area is 172 Å². The first-order valence-corrected chi connectivity index (χ1v) is 10.3. The van der Waals surface area contributed by atoms with Gasteiger partial charge in [0.1, 0.15) is 22.5 Å². The first kappa shape index (κ1) is 18.7. The fourth-order valence-corrected chi connectivity index (χ4v) is 4.53. The highest BCUT2D eigenvalue weighted by atomic mass is 32.2. The van der Waals surface area contributed by atoms with Crippen LogP contribution in [0.15, 0.2) is 92.6 Å². The first-order chi connectivity index (χ1) is 13.8. The second kappa shape index (κ2) is 8.54. The number of aromatic nitrogens is 2. The maximum Gasteiger partial charge on any atom is 0.118 e. The molecule has 6 heteroatoms. The van der Waals surface area contributed by atoms with Gasteiger partial charge in [0.2, 0.25) is 0 Å². The van der Waals surface area contributed by atoms with Gasteiger partial charge in [-0.2, -0.15) is 0 Å². The van der Waals surface area contributed by atoms with Crippen LogP contribution in [0.1, 0.15) is 0 Å².